The SMILES string of the molecule is O=C(c1cccc(-c2cccc(-c3c(-c4ccccc4)cc(-c4cccc(N(c5ccccc5)c5ccccc5)c4)cc3-c3ccccc3)c2)c1)c1cc(-c2ccccc2)cc(-c2ccccc2)c1. The Morgan fingerprint density at radius 2 is 0.565 bits per heavy atom. The van der Waals surface area contributed by atoms with Crippen molar-refractivity contribution in [1.29, 1.82) is 0 Å². The molecule has 11 rings (SSSR count). The summed E-state index contributed by atoms with van der Waals surface area (Å²) in [6.45, 7) is 0. The van der Waals surface area contributed by atoms with E-state index in [1.54, 1.807) is 0 Å². The van der Waals surface area contributed by atoms with Crippen LogP contribution < -0.4 is 4.90 Å². The summed E-state index contributed by atoms with van der Waals surface area (Å²) in [4.78, 5) is 16.9. The minimum Gasteiger partial charge on any atom is -0.310 e. The molecule has 0 aliphatic rings. The third kappa shape index (κ3) is 9.08. The van der Waals surface area contributed by atoms with E-state index in [-0.39, 0.29) is 5.78 Å². The summed E-state index contributed by atoms with van der Waals surface area (Å²) in [6.07, 6.45) is 0. The van der Waals surface area contributed by atoms with E-state index in [9.17, 15) is 4.79 Å². The van der Waals surface area contributed by atoms with E-state index in [2.05, 4.69) is 223 Å². The van der Waals surface area contributed by atoms with E-state index >= 15 is 0 Å². The fraction of sp³-hybridized carbons (Fsp3) is 0. The Morgan fingerprint density at radius 1 is 0.232 bits per heavy atom. The molecule has 2 nitrogen and oxygen atoms in total. The van der Waals surface area contributed by atoms with E-state index in [1.165, 1.54) is 0 Å². The summed E-state index contributed by atoms with van der Waals surface area (Å²) in [5.74, 6) is -0.0176. The normalized spacial score (nSPS) is 11.0. The van der Waals surface area contributed by atoms with Crippen molar-refractivity contribution in [1.82, 2.24) is 0 Å². The van der Waals surface area contributed by atoms with Crippen LogP contribution in [-0.2, 0) is 0 Å². The molecule has 0 aliphatic heterocycles. The molecule has 2 heteroatoms. The molecule has 0 amide bonds. The van der Waals surface area contributed by atoms with Crippen LogP contribution in [0.4, 0.5) is 17.1 Å². The van der Waals surface area contributed by atoms with Gasteiger partial charge in [0, 0.05) is 28.2 Å². The third-order valence-electron chi connectivity index (χ3n) is 12.8. The maximum absolute atomic E-state index is 14.6. The number of carbonyl (C=O) groups excluding carboxylic acids is 1. The fourth-order valence-electron chi connectivity index (χ4n) is 9.45. The smallest absolute Gasteiger partial charge is 0.193 e. The largest absolute Gasteiger partial charge is 0.310 e. The highest BCUT2D eigenvalue weighted by molar-refractivity contribution is 6.11. The average Bonchev–Trinajstić information content (AvgIpc) is 3.44. The van der Waals surface area contributed by atoms with Gasteiger partial charge < -0.3 is 4.90 Å². The van der Waals surface area contributed by atoms with Crippen LogP contribution in [0.25, 0.3) is 77.9 Å². The van der Waals surface area contributed by atoms with Gasteiger partial charge in [-0.15, -0.1) is 0 Å². The van der Waals surface area contributed by atoms with E-state index < -0.39 is 0 Å². The third-order valence-corrected chi connectivity index (χ3v) is 12.8. The Morgan fingerprint density at radius 3 is 1.07 bits per heavy atom. The van der Waals surface area contributed by atoms with E-state index in [4.69, 9.17) is 0 Å². The van der Waals surface area contributed by atoms with Crippen LogP contribution in [0, 0.1) is 0 Å². The number of rotatable bonds is 12. The van der Waals surface area contributed by atoms with Crippen LogP contribution in [0.3, 0.4) is 0 Å². The molecule has 0 fully saturated rings. The molecule has 0 heterocycles. The summed E-state index contributed by atoms with van der Waals surface area (Å²) in [6, 6.07) is 99.7. The van der Waals surface area contributed by atoms with Gasteiger partial charge in [0.2, 0.25) is 0 Å². The molecule has 0 unspecified atom stereocenters. The lowest BCUT2D eigenvalue weighted by Gasteiger charge is -2.26. The average molecular weight is 882 g/mol. The summed E-state index contributed by atoms with van der Waals surface area (Å²) in [7, 11) is 0. The quantitative estimate of drug-likeness (QED) is 0.114. The monoisotopic (exact) mass is 881 g/mol. The highest BCUT2D eigenvalue weighted by Crippen LogP contribution is 2.45. The first-order valence-electron chi connectivity index (χ1n) is 23.4. The van der Waals surface area contributed by atoms with Crippen LogP contribution >= 0.6 is 0 Å². The number of benzene rings is 11. The van der Waals surface area contributed by atoms with Gasteiger partial charge in [0.1, 0.15) is 0 Å². The summed E-state index contributed by atoms with van der Waals surface area (Å²) in [5, 5.41) is 0. The van der Waals surface area contributed by atoms with Gasteiger partial charge >= 0.3 is 0 Å². The molecule has 11 aromatic rings. The molecule has 0 radical (unpaired) electrons. The Labute approximate surface area is 404 Å². The molecule has 0 spiro atoms. The number of hydrogen-bond donors (Lipinski definition) is 0. The Hall–Kier alpha value is -9.11. The van der Waals surface area contributed by atoms with E-state index in [1.807, 2.05) is 66.7 Å². The number of carbonyl (C=O) groups is 1. The molecule has 0 saturated carbocycles. The molecule has 0 atom stereocenters. The van der Waals surface area contributed by atoms with Crippen molar-refractivity contribution in [3.63, 3.8) is 0 Å². The molecule has 0 bridgehead atoms. The lowest BCUT2D eigenvalue weighted by molar-refractivity contribution is 0.103. The van der Waals surface area contributed by atoms with Gasteiger partial charge in [0.25, 0.3) is 0 Å². The number of ketones is 1. The predicted molar refractivity (Wildman–Crippen MR) is 289 cm³/mol. The lowest BCUT2D eigenvalue weighted by Crippen LogP contribution is -2.09. The van der Waals surface area contributed by atoms with Gasteiger partial charge in [-0.2, -0.15) is 0 Å². The Balaban J connectivity index is 1.02. The molecule has 0 aromatic heterocycles. The van der Waals surface area contributed by atoms with Crippen LogP contribution in [0.15, 0.2) is 285 Å². The summed E-state index contributed by atoms with van der Waals surface area (Å²) >= 11 is 0. The van der Waals surface area contributed by atoms with Crippen molar-refractivity contribution in [3.05, 3.63) is 296 Å². The van der Waals surface area contributed by atoms with Gasteiger partial charge in [0.15, 0.2) is 5.78 Å². The van der Waals surface area contributed by atoms with Crippen molar-refractivity contribution in [2.75, 3.05) is 4.90 Å². The van der Waals surface area contributed by atoms with E-state index in [0.29, 0.717) is 11.1 Å². The van der Waals surface area contributed by atoms with Crippen molar-refractivity contribution >= 4 is 22.8 Å². The standard InChI is InChI=1S/C67H47NO/c69-67(60-43-57(48-22-7-1-8-23-48)42-58(44-60)49-24-9-2-10-25-49)56-34-20-31-53(41-56)52-30-19-33-55(40-52)66-64(50-26-11-3-12-27-50)46-59(47-65(66)51-28-13-4-14-29-51)54-32-21-39-63(45-54)68(61-35-15-5-16-36-61)62-37-17-6-18-38-62/h1-47H. The predicted octanol–water partition coefficient (Wildman–Crippen LogP) is 18.1. The number of anilines is 3. The second-order valence-corrected chi connectivity index (χ2v) is 17.3. The second kappa shape index (κ2) is 19.4. The molecule has 0 N–H and O–H groups in total. The number of nitrogens with zero attached hydrogens (tertiary/aromatic N) is 1. The first-order chi connectivity index (χ1) is 34.1. The molecule has 0 aliphatic carbocycles. The zero-order chi connectivity index (χ0) is 46.4. The summed E-state index contributed by atoms with van der Waals surface area (Å²) < 4.78 is 0. The first-order valence-corrected chi connectivity index (χ1v) is 23.4. The molecular formula is C67H47NO. The molecule has 0 saturated heterocycles. The minimum absolute atomic E-state index is 0.0176. The van der Waals surface area contributed by atoms with E-state index in [0.717, 1.165) is 95.0 Å². The number of para-hydroxylation sites is 2. The number of hydrogen-bond acceptors (Lipinski definition) is 2. The highest BCUT2D eigenvalue weighted by atomic mass is 16.1. The van der Waals surface area contributed by atoms with Gasteiger partial charge in [0.05, 0.1) is 0 Å². The zero-order valence-electron chi connectivity index (χ0n) is 38.0. The molecule has 69 heavy (non-hydrogen) atoms. The van der Waals surface area contributed by atoms with Crippen molar-refractivity contribution in [2.24, 2.45) is 0 Å². The second-order valence-electron chi connectivity index (χ2n) is 17.3. The lowest BCUT2D eigenvalue weighted by atomic mass is 9.84. The first kappa shape index (κ1) is 42.5. The van der Waals surface area contributed by atoms with Crippen LogP contribution in [0.1, 0.15) is 15.9 Å². The Kier molecular flexibility index (Phi) is 11.9. The Bertz CT molecular complexity index is 3380. The van der Waals surface area contributed by atoms with Crippen molar-refractivity contribution in [2.45, 2.75) is 0 Å². The van der Waals surface area contributed by atoms with Gasteiger partial charge in [-0.05, 0) is 157 Å². The van der Waals surface area contributed by atoms with Crippen LogP contribution in [0.5, 0.6) is 0 Å². The zero-order valence-corrected chi connectivity index (χ0v) is 38.0. The summed E-state index contributed by atoms with van der Waals surface area (Å²) in [5.41, 5.74) is 19.7. The molecule has 326 valence electrons. The fourth-order valence-corrected chi connectivity index (χ4v) is 9.45. The van der Waals surface area contributed by atoms with Crippen molar-refractivity contribution in [3.8, 4) is 77.9 Å². The highest BCUT2D eigenvalue weighted by Gasteiger charge is 2.20. The van der Waals surface area contributed by atoms with Crippen LogP contribution in [0.2, 0.25) is 0 Å². The maximum atomic E-state index is 14.6. The van der Waals surface area contributed by atoms with Gasteiger partial charge in [-0.1, -0.05) is 206 Å². The molecule has 11 aromatic carbocycles. The topological polar surface area (TPSA) is 20.3 Å². The molecular weight excluding hydrogens is 835 g/mol. The maximum Gasteiger partial charge on any atom is 0.193 e. The van der Waals surface area contributed by atoms with Crippen molar-refractivity contribution < 1.29 is 4.79 Å². The van der Waals surface area contributed by atoms with Crippen LogP contribution in [-0.4, -0.2) is 5.78 Å². The van der Waals surface area contributed by atoms with Gasteiger partial charge in [-0.25, -0.2) is 0 Å². The minimum atomic E-state index is -0.0176. The van der Waals surface area contributed by atoms with Gasteiger partial charge in [-0.3, -0.25) is 4.79 Å².